The van der Waals surface area contributed by atoms with Gasteiger partial charge in [0.2, 0.25) is 5.95 Å². The standard InChI is InChI=1S/C27H31N5O2S2/c1-17(2)36-24-7-5-4-6-21(24)28-26-25-22(12-15-35-25)30-27(31-26)29-20-9-8-18(16-23(20)34-3)32-13-10-19(33)11-14-32/h4-9,12,15-17,19,33H,10-11,13-14H2,1-3H3,(H2,28,29,30,31). The van der Waals surface area contributed by atoms with Crippen molar-refractivity contribution in [3.63, 3.8) is 0 Å². The molecule has 0 saturated carbocycles. The number of nitrogens with zero attached hydrogens (tertiary/aromatic N) is 3. The number of rotatable bonds is 8. The molecule has 0 radical (unpaired) electrons. The summed E-state index contributed by atoms with van der Waals surface area (Å²) < 4.78 is 6.72. The quantitative estimate of drug-likeness (QED) is 0.222. The fraction of sp³-hybridized carbons (Fsp3) is 0.333. The van der Waals surface area contributed by atoms with Crippen LogP contribution in [0.5, 0.6) is 5.75 Å². The second kappa shape index (κ2) is 10.9. The summed E-state index contributed by atoms with van der Waals surface area (Å²) in [5.74, 6) is 2.00. The number of thiophene rings is 1. The summed E-state index contributed by atoms with van der Waals surface area (Å²) in [6, 6.07) is 16.4. The lowest BCUT2D eigenvalue weighted by Gasteiger charge is -2.31. The maximum atomic E-state index is 9.83. The number of ether oxygens (including phenoxy) is 1. The molecule has 5 rings (SSSR count). The average Bonchev–Trinajstić information content (AvgIpc) is 3.35. The molecule has 188 valence electrons. The maximum Gasteiger partial charge on any atom is 0.229 e. The number of methoxy groups -OCH3 is 1. The number of hydrogen-bond acceptors (Lipinski definition) is 9. The number of nitrogens with one attached hydrogen (secondary N) is 2. The van der Waals surface area contributed by atoms with Crippen LogP contribution in [0.3, 0.4) is 0 Å². The summed E-state index contributed by atoms with van der Waals surface area (Å²) in [7, 11) is 1.67. The van der Waals surface area contributed by atoms with Crippen LogP contribution in [-0.2, 0) is 0 Å². The molecule has 2 aromatic carbocycles. The van der Waals surface area contributed by atoms with Gasteiger partial charge in [0.05, 0.1) is 34.8 Å². The van der Waals surface area contributed by atoms with Gasteiger partial charge in [-0.05, 0) is 48.6 Å². The van der Waals surface area contributed by atoms with E-state index in [0.717, 1.165) is 64.8 Å². The predicted octanol–water partition coefficient (Wildman–Crippen LogP) is 6.65. The molecule has 2 aromatic heterocycles. The summed E-state index contributed by atoms with van der Waals surface area (Å²) in [5, 5.41) is 19.3. The van der Waals surface area contributed by atoms with Crippen LogP contribution in [0.25, 0.3) is 10.2 Å². The lowest BCUT2D eigenvalue weighted by atomic mass is 10.1. The largest absolute Gasteiger partial charge is 0.494 e. The minimum absolute atomic E-state index is 0.202. The number of fused-ring (bicyclic) bond motifs is 1. The monoisotopic (exact) mass is 521 g/mol. The normalized spacial score (nSPS) is 14.4. The Morgan fingerprint density at radius 1 is 1.06 bits per heavy atom. The van der Waals surface area contributed by atoms with Crippen molar-refractivity contribution < 1.29 is 9.84 Å². The topological polar surface area (TPSA) is 82.5 Å². The number of benzene rings is 2. The Morgan fingerprint density at radius 2 is 1.86 bits per heavy atom. The van der Waals surface area contributed by atoms with Crippen LogP contribution in [-0.4, -0.2) is 46.6 Å². The van der Waals surface area contributed by atoms with Gasteiger partial charge in [-0.15, -0.1) is 23.1 Å². The molecule has 4 aromatic rings. The smallest absolute Gasteiger partial charge is 0.229 e. The number of thioether (sulfide) groups is 1. The molecule has 3 heterocycles. The Bertz CT molecular complexity index is 1340. The van der Waals surface area contributed by atoms with Gasteiger partial charge in [0.15, 0.2) is 5.82 Å². The third-order valence-electron chi connectivity index (χ3n) is 6.07. The molecule has 0 aliphatic carbocycles. The van der Waals surface area contributed by atoms with Gasteiger partial charge in [0.25, 0.3) is 0 Å². The molecular formula is C27H31N5O2S2. The summed E-state index contributed by atoms with van der Waals surface area (Å²) in [4.78, 5) is 13.1. The van der Waals surface area contributed by atoms with Crippen molar-refractivity contribution in [3.8, 4) is 5.75 Å². The van der Waals surface area contributed by atoms with E-state index in [0.29, 0.717) is 11.2 Å². The van der Waals surface area contributed by atoms with E-state index in [1.54, 1.807) is 18.4 Å². The molecule has 7 nitrogen and oxygen atoms in total. The number of anilines is 5. The third kappa shape index (κ3) is 5.53. The summed E-state index contributed by atoms with van der Waals surface area (Å²) in [6.07, 6.45) is 1.36. The second-order valence-electron chi connectivity index (χ2n) is 9.05. The lowest BCUT2D eigenvalue weighted by molar-refractivity contribution is 0.145. The Hall–Kier alpha value is -3.01. The molecule has 0 unspecified atom stereocenters. The number of piperidine rings is 1. The molecule has 9 heteroatoms. The highest BCUT2D eigenvalue weighted by molar-refractivity contribution is 8.00. The van der Waals surface area contributed by atoms with Crippen molar-refractivity contribution in [2.24, 2.45) is 0 Å². The molecule has 3 N–H and O–H groups in total. The molecule has 0 bridgehead atoms. The molecule has 1 aliphatic rings. The first kappa shape index (κ1) is 24.7. The zero-order valence-corrected chi connectivity index (χ0v) is 22.3. The zero-order valence-electron chi connectivity index (χ0n) is 20.7. The van der Waals surface area contributed by atoms with Crippen LogP contribution in [0.15, 0.2) is 58.8 Å². The minimum Gasteiger partial charge on any atom is -0.494 e. The molecule has 1 fully saturated rings. The van der Waals surface area contributed by atoms with E-state index < -0.39 is 0 Å². The highest BCUT2D eigenvalue weighted by atomic mass is 32.2. The Balaban J connectivity index is 1.43. The first-order valence-electron chi connectivity index (χ1n) is 12.2. The minimum atomic E-state index is -0.202. The van der Waals surface area contributed by atoms with Gasteiger partial charge in [-0.1, -0.05) is 26.0 Å². The predicted molar refractivity (Wildman–Crippen MR) is 152 cm³/mol. The third-order valence-corrected chi connectivity index (χ3v) is 8.06. The molecule has 0 atom stereocenters. The van der Waals surface area contributed by atoms with E-state index in [1.807, 2.05) is 41.4 Å². The SMILES string of the molecule is COc1cc(N2CCC(O)CC2)ccc1Nc1nc(Nc2ccccc2SC(C)C)c2sccc2n1. The molecular weight excluding hydrogens is 490 g/mol. The highest BCUT2D eigenvalue weighted by Crippen LogP contribution is 2.37. The van der Waals surface area contributed by atoms with Crippen molar-refractivity contribution >= 4 is 62.1 Å². The van der Waals surface area contributed by atoms with Gasteiger partial charge in [0, 0.05) is 35.0 Å². The van der Waals surface area contributed by atoms with Crippen molar-refractivity contribution in [1.29, 1.82) is 0 Å². The van der Waals surface area contributed by atoms with Crippen molar-refractivity contribution in [2.75, 3.05) is 35.7 Å². The van der Waals surface area contributed by atoms with Gasteiger partial charge >= 0.3 is 0 Å². The van der Waals surface area contributed by atoms with Gasteiger partial charge in [-0.3, -0.25) is 0 Å². The fourth-order valence-corrected chi connectivity index (χ4v) is 5.97. The molecule has 1 aliphatic heterocycles. The van der Waals surface area contributed by atoms with Crippen LogP contribution in [0.2, 0.25) is 0 Å². The summed E-state index contributed by atoms with van der Waals surface area (Å²) in [6.45, 7) is 6.05. The van der Waals surface area contributed by atoms with Gasteiger partial charge in [-0.25, -0.2) is 4.98 Å². The van der Waals surface area contributed by atoms with E-state index in [4.69, 9.17) is 14.7 Å². The number of aromatic nitrogens is 2. The second-order valence-corrected chi connectivity index (χ2v) is 11.6. The van der Waals surface area contributed by atoms with Gasteiger partial charge in [-0.2, -0.15) is 4.98 Å². The van der Waals surface area contributed by atoms with E-state index in [9.17, 15) is 5.11 Å². The fourth-order valence-electron chi connectivity index (χ4n) is 4.28. The molecule has 0 amide bonds. The number of hydrogen-bond donors (Lipinski definition) is 3. The molecule has 1 saturated heterocycles. The number of aliphatic hydroxyl groups is 1. The Morgan fingerprint density at radius 3 is 2.64 bits per heavy atom. The average molecular weight is 522 g/mol. The first-order chi connectivity index (χ1) is 17.5. The van der Waals surface area contributed by atoms with Crippen molar-refractivity contribution in [3.05, 3.63) is 53.9 Å². The lowest BCUT2D eigenvalue weighted by Crippen LogP contribution is -2.35. The molecule has 0 spiro atoms. The van der Waals surface area contributed by atoms with Crippen molar-refractivity contribution in [1.82, 2.24) is 9.97 Å². The summed E-state index contributed by atoms with van der Waals surface area (Å²) in [5.41, 5.74) is 3.80. The summed E-state index contributed by atoms with van der Waals surface area (Å²) >= 11 is 3.45. The Labute approximate surface area is 219 Å². The van der Waals surface area contributed by atoms with Crippen molar-refractivity contribution in [2.45, 2.75) is 42.9 Å². The van der Waals surface area contributed by atoms with E-state index >= 15 is 0 Å². The Kier molecular flexibility index (Phi) is 7.50. The van der Waals surface area contributed by atoms with Crippen LogP contribution in [0.4, 0.5) is 28.8 Å². The van der Waals surface area contributed by atoms with Crippen LogP contribution in [0.1, 0.15) is 26.7 Å². The van der Waals surface area contributed by atoms with E-state index in [-0.39, 0.29) is 6.10 Å². The van der Waals surface area contributed by atoms with Gasteiger partial charge < -0.3 is 25.4 Å². The van der Waals surface area contributed by atoms with Gasteiger partial charge in [0.1, 0.15) is 5.75 Å². The van der Waals surface area contributed by atoms with Crippen LogP contribution in [0, 0.1) is 0 Å². The van der Waals surface area contributed by atoms with Crippen LogP contribution < -0.4 is 20.3 Å². The molecule has 36 heavy (non-hydrogen) atoms. The number of para-hydroxylation sites is 1. The first-order valence-corrected chi connectivity index (χ1v) is 13.9. The maximum absolute atomic E-state index is 9.83. The number of aliphatic hydroxyl groups excluding tert-OH is 1. The van der Waals surface area contributed by atoms with Crippen LogP contribution >= 0.6 is 23.1 Å². The zero-order chi connectivity index (χ0) is 25.1. The van der Waals surface area contributed by atoms with E-state index in [1.165, 1.54) is 4.90 Å². The van der Waals surface area contributed by atoms with E-state index in [2.05, 4.69) is 53.6 Å². The highest BCUT2D eigenvalue weighted by Gasteiger charge is 2.19.